The number of anilines is 1. The second-order valence-corrected chi connectivity index (χ2v) is 7.33. The second-order valence-electron chi connectivity index (χ2n) is 6.26. The largest absolute Gasteiger partial charge is 0.507 e. The first kappa shape index (κ1) is 17.4. The Morgan fingerprint density at radius 3 is 2.67 bits per heavy atom. The van der Waals surface area contributed by atoms with Gasteiger partial charge in [0.05, 0.1) is 28.3 Å². The molecule has 0 amide bonds. The molecule has 0 aliphatic rings. The Balaban J connectivity index is 1.86. The van der Waals surface area contributed by atoms with Crippen LogP contribution in [-0.4, -0.2) is 27.1 Å². The van der Waals surface area contributed by atoms with Gasteiger partial charge in [0.25, 0.3) is 0 Å². The number of nitrogens with zero attached hydrogens (tertiary/aromatic N) is 4. The minimum atomic E-state index is -0.347. The molecule has 27 heavy (non-hydrogen) atoms. The summed E-state index contributed by atoms with van der Waals surface area (Å²) < 4.78 is 13.9. The van der Waals surface area contributed by atoms with E-state index in [0.29, 0.717) is 34.7 Å². The summed E-state index contributed by atoms with van der Waals surface area (Å²) in [6.45, 7) is 2.49. The quantitative estimate of drug-likeness (QED) is 0.563. The van der Waals surface area contributed by atoms with Gasteiger partial charge in [-0.3, -0.25) is 0 Å². The van der Waals surface area contributed by atoms with Gasteiger partial charge in [0, 0.05) is 17.8 Å². The summed E-state index contributed by atoms with van der Waals surface area (Å²) in [5.41, 5.74) is 2.07. The number of aromatic nitrogens is 3. The molecule has 2 aromatic heterocycles. The van der Waals surface area contributed by atoms with Crippen LogP contribution < -0.4 is 4.90 Å². The Labute approximate surface area is 159 Å². The highest BCUT2D eigenvalue weighted by Gasteiger charge is 2.16. The zero-order chi connectivity index (χ0) is 19.0. The predicted octanol–water partition coefficient (Wildman–Crippen LogP) is 4.54. The third kappa shape index (κ3) is 3.46. The van der Waals surface area contributed by atoms with Crippen molar-refractivity contribution < 1.29 is 9.50 Å². The molecular weight excluding hydrogens is 363 g/mol. The normalized spacial score (nSPS) is 11.1. The first-order valence-corrected chi connectivity index (χ1v) is 9.27. The lowest BCUT2D eigenvalue weighted by molar-refractivity contribution is 0.477. The number of halogens is 1. The molecular formula is C20H17FN4OS. The highest BCUT2D eigenvalue weighted by molar-refractivity contribution is 7.09. The van der Waals surface area contributed by atoms with Crippen LogP contribution in [0.3, 0.4) is 0 Å². The van der Waals surface area contributed by atoms with E-state index < -0.39 is 0 Å². The average molecular weight is 380 g/mol. The maximum Gasteiger partial charge on any atom is 0.165 e. The molecule has 4 aromatic rings. The average Bonchev–Trinajstić information content (AvgIpc) is 3.06. The number of phenols is 1. The van der Waals surface area contributed by atoms with Crippen LogP contribution in [0.15, 0.2) is 47.8 Å². The Hall–Kier alpha value is -3.06. The maximum atomic E-state index is 13.9. The Morgan fingerprint density at radius 2 is 1.93 bits per heavy atom. The van der Waals surface area contributed by atoms with E-state index in [2.05, 4.69) is 15.0 Å². The molecule has 136 valence electrons. The number of fused-ring (bicyclic) bond motifs is 1. The summed E-state index contributed by atoms with van der Waals surface area (Å²) in [5, 5.41) is 13.8. The van der Waals surface area contributed by atoms with Gasteiger partial charge in [-0.1, -0.05) is 12.1 Å². The number of rotatable bonds is 4. The Bertz CT molecular complexity index is 1130. The number of hydrogen-bond acceptors (Lipinski definition) is 6. The van der Waals surface area contributed by atoms with Gasteiger partial charge in [0.15, 0.2) is 5.82 Å². The fourth-order valence-electron chi connectivity index (χ4n) is 2.96. The van der Waals surface area contributed by atoms with Gasteiger partial charge in [-0.15, -0.1) is 11.3 Å². The van der Waals surface area contributed by atoms with E-state index in [1.54, 1.807) is 35.6 Å². The molecule has 0 aliphatic carbocycles. The number of hydrogen-bond donors (Lipinski definition) is 1. The first-order chi connectivity index (χ1) is 13.0. The molecule has 0 spiro atoms. The highest BCUT2D eigenvalue weighted by atomic mass is 32.1. The number of phenolic OH excluding ortho intramolecular Hbond substituents is 1. The van der Waals surface area contributed by atoms with E-state index >= 15 is 0 Å². The predicted molar refractivity (Wildman–Crippen MR) is 106 cm³/mol. The van der Waals surface area contributed by atoms with Gasteiger partial charge in [0.2, 0.25) is 0 Å². The SMILES string of the molecule is Cc1nc(CN(C)c2nc(-c3ccccc3O)nc3ccc(F)cc23)cs1. The van der Waals surface area contributed by atoms with Crippen LogP contribution in [0.25, 0.3) is 22.3 Å². The molecule has 0 saturated carbocycles. The molecule has 5 nitrogen and oxygen atoms in total. The van der Waals surface area contributed by atoms with Crippen molar-refractivity contribution in [3.8, 4) is 17.1 Å². The molecule has 0 saturated heterocycles. The Kier molecular flexibility index (Phi) is 4.45. The van der Waals surface area contributed by atoms with E-state index in [0.717, 1.165) is 10.7 Å². The summed E-state index contributed by atoms with van der Waals surface area (Å²) in [4.78, 5) is 15.6. The molecule has 0 fully saturated rings. The summed E-state index contributed by atoms with van der Waals surface area (Å²) >= 11 is 1.59. The summed E-state index contributed by atoms with van der Waals surface area (Å²) in [5.74, 6) is 0.732. The van der Waals surface area contributed by atoms with Crippen molar-refractivity contribution in [2.45, 2.75) is 13.5 Å². The molecule has 0 unspecified atom stereocenters. The third-order valence-corrected chi connectivity index (χ3v) is 5.03. The summed E-state index contributed by atoms with van der Waals surface area (Å²) in [6.07, 6.45) is 0. The summed E-state index contributed by atoms with van der Waals surface area (Å²) in [7, 11) is 1.88. The fraction of sp³-hybridized carbons (Fsp3) is 0.150. The van der Waals surface area contributed by atoms with Crippen molar-refractivity contribution in [2.75, 3.05) is 11.9 Å². The molecule has 4 rings (SSSR count). The van der Waals surface area contributed by atoms with E-state index in [4.69, 9.17) is 0 Å². The van der Waals surface area contributed by atoms with Crippen LogP contribution >= 0.6 is 11.3 Å². The lowest BCUT2D eigenvalue weighted by atomic mass is 10.1. The zero-order valence-electron chi connectivity index (χ0n) is 14.8. The molecule has 1 N–H and O–H groups in total. The van der Waals surface area contributed by atoms with Gasteiger partial charge in [0.1, 0.15) is 17.4 Å². The maximum absolute atomic E-state index is 13.9. The monoisotopic (exact) mass is 380 g/mol. The van der Waals surface area contributed by atoms with E-state index in [1.165, 1.54) is 12.1 Å². The van der Waals surface area contributed by atoms with Crippen LogP contribution in [0.2, 0.25) is 0 Å². The van der Waals surface area contributed by atoms with Gasteiger partial charge in [-0.25, -0.2) is 19.3 Å². The topological polar surface area (TPSA) is 62.1 Å². The van der Waals surface area contributed by atoms with Crippen LogP contribution in [0.1, 0.15) is 10.7 Å². The lowest BCUT2D eigenvalue weighted by Gasteiger charge is -2.20. The van der Waals surface area contributed by atoms with Crippen LogP contribution in [-0.2, 0) is 6.54 Å². The summed E-state index contributed by atoms with van der Waals surface area (Å²) in [6, 6.07) is 11.3. The second kappa shape index (κ2) is 6.92. The van der Waals surface area contributed by atoms with Crippen molar-refractivity contribution in [1.82, 2.24) is 15.0 Å². The van der Waals surface area contributed by atoms with Gasteiger partial charge >= 0.3 is 0 Å². The van der Waals surface area contributed by atoms with Crippen molar-refractivity contribution in [2.24, 2.45) is 0 Å². The van der Waals surface area contributed by atoms with Crippen LogP contribution in [0.4, 0.5) is 10.2 Å². The van der Waals surface area contributed by atoms with Crippen molar-refractivity contribution in [3.63, 3.8) is 0 Å². The lowest BCUT2D eigenvalue weighted by Crippen LogP contribution is -2.19. The molecule has 2 heterocycles. The number of para-hydroxylation sites is 1. The van der Waals surface area contributed by atoms with E-state index in [-0.39, 0.29) is 11.6 Å². The fourth-order valence-corrected chi connectivity index (χ4v) is 3.56. The first-order valence-electron chi connectivity index (χ1n) is 8.39. The molecule has 2 aromatic carbocycles. The van der Waals surface area contributed by atoms with Crippen molar-refractivity contribution >= 4 is 28.1 Å². The van der Waals surface area contributed by atoms with Crippen molar-refractivity contribution in [1.29, 1.82) is 0 Å². The van der Waals surface area contributed by atoms with Gasteiger partial charge in [-0.05, 0) is 37.3 Å². The molecule has 0 atom stereocenters. The number of thiazole rings is 1. The standard InChI is InChI=1S/C20H17FN4OS/c1-12-22-14(11-27-12)10-25(2)20-16-9-13(21)7-8-17(16)23-19(24-20)15-5-3-4-6-18(15)26/h3-9,11,26H,10H2,1-2H3. The molecule has 7 heteroatoms. The minimum absolute atomic E-state index is 0.0997. The zero-order valence-corrected chi connectivity index (χ0v) is 15.7. The number of benzene rings is 2. The van der Waals surface area contributed by atoms with Gasteiger partial charge in [-0.2, -0.15) is 0 Å². The molecule has 0 bridgehead atoms. The molecule has 0 aliphatic heterocycles. The van der Waals surface area contributed by atoms with Gasteiger partial charge < -0.3 is 10.0 Å². The number of aryl methyl sites for hydroxylation is 1. The van der Waals surface area contributed by atoms with Crippen molar-refractivity contribution in [3.05, 3.63) is 64.4 Å². The van der Waals surface area contributed by atoms with Crippen LogP contribution in [0.5, 0.6) is 5.75 Å². The highest BCUT2D eigenvalue weighted by Crippen LogP contribution is 2.32. The minimum Gasteiger partial charge on any atom is -0.507 e. The Morgan fingerprint density at radius 1 is 1.11 bits per heavy atom. The smallest absolute Gasteiger partial charge is 0.165 e. The molecule has 0 radical (unpaired) electrons. The van der Waals surface area contributed by atoms with Crippen LogP contribution in [0, 0.1) is 12.7 Å². The van der Waals surface area contributed by atoms with E-state index in [9.17, 15) is 9.50 Å². The van der Waals surface area contributed by atoms with E-state index in [1.807, 2.05) is 30.3 Å². The number of aromatic hydroxyl groups is 1. The third-order valence-electron chi connectivity index (χ3n) is 4.21.